The van der Waals surface area contributed by atoms with Gasteiger partial charge in [0.05, 0.1) is 12.7 Å². The molecule has 6 nitrogen and oxygen atoms in total. The van der Waals surface area contributed by atoms with Crippen molar-refractivity contribution >= 4 is 11.8 Å². The van der Waals surface area contributed by atoms with Gasteiger partial charge in [0, 0.05) is 37.5 Å². The smallest absolute Gasteiger partial charge is 0.302 e. The fourth-order valence-electron chi connectivity index (χ4n) is 10.4. The van der Waals surface area contributed by atoms with Crippen LogP contribution in [0.3, 0.4) is 0 Å². The number of ketones is 1. The van der Waals surface area contributed by atoms with E-state index in [0.29, 0.717) is 41.9 Å². The first kappa shape index (κ1) is 24.4. The number of fused-ring (bicyclic) bond motifs is 7. The Labute approximate surface area is 209 Å². The molecule has 6 aliphatic rings. The van der Waals surface area contributed by atoms with Gasteiger partial charge in [-0.05, 0) is 73.5 Å². The summed E-state index contributed by atoms with van der Waals surface area (Å²) in [5.41, 5.74) is -1.71. The zero-order chi connectivity index (χ0) is 25.0. The summed E-state index contributed by atoms with van der Waals surface area (Å²) >= 11 is 0. The second-order valence-corrected chi connectivity index (χ2v) is 13.8. The Bertz CT molecular complexity index is 909. The van der Waals surface area contributed by atoms with Crippen LogP contribution in [0.5, 0.6) is 0 Å². The summed E-state index contributed by atoms with van der Waals surface area (Å²) in [5, 5.41) is 11.9. The van der Waals surface area contributed by atoms with Crippen LogP contribution in [0.15, 0.2) is 0 Å². The molecular formula is C29H44O6. The van der Waals surface area contributed by atoms with Gasteiger partial charge in [-0.15, -0.1) is 0 Å². The number of esters is 1. The summed E-state index contributed by atoms with van der Waals surface area (Å²) in [6.07, 6.45) is 7.30. The number of rotatable bonds is 1. The van der Waals surface area contributed by atoms with Crippen LogP contribution in [0.2, 0.25) is 0 Å². The van der Waals surface area contributed by atoms with Crippen LogP contribution >= 0.6 is 0 Å². The van der Waals surface area contributed by atoms with Gasteiger partial charge in [-0.25, -0.2) is 0 Å². The zero-order valence-corrected chi connectivity index (χ0v) is 22.2. The molecule has 4 saturated carbocycles. The lowest BCUT2D eigenvalue weighted by atomic mass is 9.42. The minimum atomic E-state index is -1.39. The number of carbonyl (C=O) groups excluding carboxylic acids is 2. The maximum atomic E-state index is 13.7. The average Bonchev–Trinajstić information content (AvgIpc) is 3.23. The quantitative estimate of drug-likeness (QED) is 0.541. The second kappa shape index (κ2) is 7.77. The van der Waals surface area contributed by atoms with E-state index in [-0.39, 0.29) is 35.8 Å². The van der Waals surface area contributed by atoms with Gasteiger partial charge in [0.15, 0.2) is 11.6 Å². The van der Waals surface area contributed by atoms with E-state index < -0.39 is 16.8 Å². The van der Waals surface area contributed by atoms with E-state index in [4.69, 9.17) is 14.2 Å². The fraction of sp³-hybridized carbons (Fsp3) is 0.931. The Kier molecular flexibility index (Phi) is 5.41. The number of ether oxygens (including phenoxy) is 3. The Morgan fingerprint density at radius 3 is 2.54 bits per heavy atom. The lowest BCUT2D eigenvalue weighted by molar-refractivity contribution is -0.273. The Hall–Kier alpha value is -0.980. The molecule has 35 heavy (non-hydrogen) atoms. The Morgan fingerprint density at radius 1 is 1.09 bits per heavy atom. The van der Waals surface area contributed by atoms with Crippen LogP contribution in [-0.4, -0.2) is 47.1 Å². The summed E-state index contributed by atoms with van der Waals surface area (Å²) in [5.74, 6) is 1.68. The number of Topliss-reactive ketones (excluding diaryl/α,β-unsaturated/α-hetero) is 1. The second-order valence-electron chi connectivity index (χ2n) is 13.8. The lowest BCUT2D eigenvalue weighted by Crippen LogP contribution is -2.67. The van der Waals surface area contributed by atoms with Crippen molar-refractivity contribution in [3.05, 3.63) is 0 Å². The molecule has 1 spiro atoms. The summed E-state index contributed by atoms with van der Waals surface area (Å²) in [7, 11) is 0. The normalized spacial score (nSPS) is 57.3. The van der Waals surface area contributed by atoms with E-state index in [2.05, 4.69) is 27.7 Å². The molecule has 0 aromatic carbocycles. The number of aliphatic hydroxyl groups is 1. The topological polar surface area (TPSA) is 82.1 Å². The van der Waals surface area contributed by atoms with Gasteiger partial charge >= 0.3 is 5.97 Å². The van der Waals surface area contributed by atoms with Crippen LogP contribution < -0.4 is 0 Å². The highest BCUT2D eigenvalue weighted by atomic mass is 16.7. The molecule has 0 aromatic rings. The molecule has 0 aromatic heterocycles. The molecule has 2 aliphatic heterocycles. The van der Waals surface area contributed by atoms with Gasteiger partial charge in [0.2, 0.25) is 0 Å². The van der Waals surface area contributed by atoms with E-state index >= 15 is 0 Å². The van der Waals surface area contributed by atoms with E-state index in [1.807, 2.05) is 0 Å². The molecule has 6 fully saturated rings. The number of hydrogen-bond acceptors (Lipinski definition) is 6. The standard InChI is InChI=1S/C29H44O6/c1-16-6-11-29(33-15-16)17(2)25-23(35-29)13-22-20-12-24(31)28(32)14-19(34-18(3)30)7-10-27(28,5)21(20)8-9-26(22,25)4/h16-17,19-23,25,32H,6-15H2,1-5H3/t16-,17+,19-,20-,21+,22+,23+,25+,26-,27+,28-,29+/m0/s1. The molecule has 12 atom stereocenters. The molecule has 0 radical (unpaired) electrons. The third kappa shape index (κ3) is 3.18. The largest absolute Gasteiger partial charge is 0.462 e. The summed E-state index contributed by atoms with van der Waals surface area (Å²) in [4.78, 5) is 25.2. The lowest BCUT2D eigenvalue weighted by Gasteiger charge is -2.63. The van der Waals surface area contributed by atoms with E-state index in [1.54, 1.807) is 0 Å². The van der Waals surface area contributed by atoms with Crippen molar-refractivity contribution in [1.29, 1.82) is 0 Å². The first-order valence-electron chi connectivity index (χ1n) is 14.2. The van der Waals surface area contributed by atoms with Gasteiger partial charge in [-0.3, -0.25) is 9.59 Å². The van der Waals surface area contributed by atoms with Crippen molar-refractivity contribution in [2.75, 3.05) is 6.61 Å². The Morgan fingerprint density at radius 2 is 1.86 bits per heavy atom. The molecule has 0 amide bonds. The van der Waals surface area contributed by atoms with Crippen LogP contribution in [0.1, 0.15) is 92.4 Å². The van der Waals surface area contributed by atoms with Crippen LogP contribution in [0, 0.1) is 46.3 Å². The van der Waals surface area contributed by atoms with Gasteiger partial charge in [0.25, 0.3) is 0 Å². The average molecular weight is 489 g/mol. The third-order valence-corrected chi connectivity index (χ3v) is 12.2. The molecule has 196 valence electrons. The first-order valence-corrected chi connectivity index (χ1v) is 14.2. The summed E-state index contributed by atoms with van der Waals surface area (Å²) in [6, 6.07) is 0. The monoisotopic (exact) mass is 488 g/mol. The van der Waals surface area contributed by atoms with Crippen molar-refractivity contribution in [3.8, 4) is 0 Å². The molecule has 6 rings (SSSR count). The van der Waals surface area contributed by atoms with Crippen molar-refractivity contribution in [1.82, 2.24) is 0 Å². The van der Waals surface area contributed by atoms with Crippen LogP contribution in [0.4, 0.5) is 0 Å². The van der Waals surface area contributed by atoms with Crippen molar-refractivity contribution in [2.24, 2.45) is 46.3 Å². The predicted octanol–water partition coefficient (Wildman–Crippen LogP) is 4.66. The molecule has 4 aliphatic carbocycles. The van der Waals surface area contributed by atoms with Crippen molar-refractivity contribution < 1.29 is 28.9 Å². The molecule has 2 heterocycles. The van der Waals surface area contributed by atoms with Gasteiger partial charge < -0.3 is 19.3 Å². The summed E-state index contributed by atoms with van der Waals surface area (Å²) in [6.45, 7) is 11.4. The maximum Gasteiger partial charge on any atom is 0.302 e. The molecule has 1 N–H and O–H groups in total. The third-order valence-electron chi connectivity index (χ3n) is 12.2. The fourth-order valence-corrected chi connectivity index (χ4v) is 10.4. The SMILES string of the molecule is CC(=O)O[C@H]1CC[C@]2(C)[C@@H]3CC[C@]4(C)[C@@H]5[C@@H](C)[C@@]6(CC[C@H](C)CO6)O[C@@H]5C[C@@H]4[C@H]3CC(=O)[C@@]2(O)C1. The summed E-state index contributed by atoms with van der Waals surface area (Å²) < 4.78 is 18.7. The predicted molar refractivity (Wildman–Crippen MR) is 129 cm³/mol. The molecule has 0 bridgehead atoms. The van der Waals surface area contributed by atoms with E-state index in [1.165, 1.54) is 6.92 Å². The molecule has 2 saturated heterocycles. The zero-order valence-electron chi connectivity index (χ0n) is 22.2. The van der Waals surface area contributed by atoms with Crippen LogP contribution in [-0.2, 0) is 23.8 Å². The Balaban J connectivity index is 1.26. The molecule has 0 unspecified atom stereocenters. The highest BCUT2D eigenvalue weighted by Gasteiger charge is 2.72. The van der Waals surface area contributed by atoms with Gasteiger partial charge in [-0.2, -0.15) is 0 Å². The van der Waals surface area contributed by atoms with Crippen molar-refractivity contribution in [3.63, 3.8) is 0 Å². The highest BCUT2D eigenvalue weighted by molar-refractivity contribution is 5.89. The number of carbonyl (C=O) groups is 2. The first-order chi connectivity index (χ1) is 16.4. The van der Waals surface area contributed by atoms with Crippen molar-refractivity contribution in [2.45, 2.75) is 116 Å². The van der Waals surface area contributed by atoms with E-state index in [0.717, 1.165) is 51.6 Å². The maximum absolute atomic E-state index is 13.7. The highest BCUT2D eigenvalue weighted by Crippen LogP contribution is 2.71. The minimum absolute atomic E-state index is 0.0329. The minimum Gasteiger partial charge on any atom is -0.462 e. The molecule has 6 heteroatoms. The van der Waals surface area contributed by atoms with Crippen LogP contribution in [0.25, 0.3) is 0 Å². The molecular weight excluding hydrogens is 444 g/mol. The van der Waals surface area contributed by atoms with Gasteiger partial charge in [-0.1, -0.05) is 27.7 Å². The number of hydrogen-bond donors (Lipinski definition) is 1. The van der Waals surface area contributed by atoms with E-state index in [9.17, 15) is 14.7 Å². The van der Waals surface area contributed by atoms with Gasteiger partial charge in [0.1, 0.15) is 11.7 Å².